The van der Waals surface area contributed by atoms with Crippen LogP contribution in [0.5, 0.6) is 0 Å². The van der Waals surface area contributed by atoms with Crippen molar-refractivity contribution in [2.24, 2.45) is 10.7 Å². The Morgan fingerprint density at radius 2 is 2.11 bits per heavy atom. The molecule has 0 unspecified atom stereocenters. The highest BCUT2D eigenvalue weighted by Crippen LogP contribution is 1.81. The lowest BCUT2D eigenvalue weighted by atomic mass is 10.4. The summed E-state index contributed by atoms with van der Waals surface area (Å²) in [5.74, 6) is 0. The molecule has 0 rings (SSSR count). The lowest BCUT2D eigenvalue weighted by molar-refractivity contribution is -0.431. The van der Waals surface area contributed by atoms with Crippen molar-refractivity contribution < 1.29 is 4.58 Å². The van der Waals surface area contributed by atoms with Crippen molar-refractivity contribution >= 4 is 12.7 Å². The molecule has 2 N–H and O–H groups in total. The Kier molecular flexibility index (Phi) is 3.67. The highest BCUT2D eigenvalue weighted by molar-refractivity contribution is 5.55. The van der Waals surface area contributed by atoms with E-state index in [1.165, 1.54) is 6.34 Å². The van der Waals surface area contributed by atoms with Crippen molar-refractivity contribution in [3.8, 4) is 0 Å². The molecule has 0 aliphatic carbocycles. The van der Waals surface area contributed by atoms with E-state index >= 15 is 0 Å². The van der Waals surface area contributed by atoms with Gasteiger partial charge >= 0.3 is 0 Å². The number of aliphatic imine (C=N–C) groups is 1. The first-order valence-electron chi connectivity index (χ1n) is 2.97. The summed E-state index contributed by atoms with van der Waals surface area (Å²) in [4.78, 5) is 3.82. The van der Waals surface area contributed by atoms with E-state index in [9.17, 15) is 0 Å². The van der Waals surface area contributed by atoms with Crippen LogP contribution in [0.3, 0.4) is 0 Å². The fourth-order valence-corrected chi connectivity index (χ4v) is 0.477. The monoisotopic (exact) mass is 128 g/mol. The normalized spacial score (nSPS) is 13.6. The molecule has 0 amide bonds. The van der Waals surface area contributed by atoms with Gasteiger partial charge in [0.15, 0.2) is 6.34 Å². The molecule has 0 radical (unpaired) electrons. The van der Waals surface area contributed by atoms with Crippen LogP contribution in [0.4, 0.5) is 0 Å². The minimum Gasteiger partial charge on any atom is -0.325 e. The number of hydrogen-bond donors (Lipinski definition) is 1. The molecular weight excluding hydrogens is 114 g/mol. The smallest absolute Gasteiger partial charge is 0.219 e. The number of nitrogens with zero attached hydrogens (tertiary/aromatic N) is 2. The molecule has 3 nitrogen and oxygen atoms in total. The van der Waals surface area contributed by atoms with E-state index in [1.54, 1.807) is 13.4 Å². The van der Waals surface area contributed by atoms with E-state index in [0.29, 0.717) is 6.04 Å². The van der Waals surface area contributed by atoms with E-state index in [1.807, 2.05) is 18.4 Å². The van der Waals surface area contributed by atoms with Gasteiger partial charge in [-0.25, -0.2) is 4.58 Å². The Labute approximate surface area is 55.9 Å². The van der Waals surface area contributed by atoms with Crippen LogP contribution in [0.2, 0.25) is 0 Å². The molecular formula is C6H14N3+. The molecule has 0 atom stereocenters. The molecule has 0 saturated carbocycles. The van der Waals surface area contributed by atoms with Crippen molar-refractivity contribution in [3.05, 3.63) is 0 Å². The quantitative estimate of drug-likeness (QED) is 0.319. The SMILES string of the molecule is CN=C[N+](=CN)C(C)C. The lowest BCUT2D eigenvalue weighted by Crippen LogP contribution is -2.23. The van der Waals surface area contributed by atoms with Gasteiger partial charge in [-0.1, -0.05) is 0 Å². The van der Waals surface area contributed by atoms with Crippen LogP contribution in [0, 0.1) is 0 Å². The summed E-state index contributed by atoms with van der Waals surface area (Å²) in [6.07, 6.45) is 3.21. The van der Waals surface area contributed by atoms with Crippen molar-refractivity contribution in [1.82, 2.24) is 0 Å². The van der Waals surface area contributed by atoms with Crippen molar-refractivity contribution in [1.29, 1.82) is 0 Å². The summed E-state index contributed by atoms with van der Waals surface area (Å²) in [5, 5.41) is 0. The van der Waals surface area contributed by atoms with Gasteiger partial charge in [0.05, 0.1) is 13.1 Å². The molecule has 0 saturated heterocycles. The van der Waals surface area contributed by atoms with Gasteiger partial charge in [0.2, 0.25) is 6.34 Å². The molecule has 0 aromatic heterocycles. The number of hydrogen-bond acceptors (Lipinski definition) is 1. The molecule has 3 heteroatoms. The van der Waals surface area contributed by atoms with Crippen LogP contribution in [0.15, 0.2) is 4.99 Å². The molecule has 0 aliphatic heterocycles. The molecule has 0 heterocycles. The largest absolute Gasteiger partial charge is 0.325 e. The number of rotatable bonds is 2. The first-order chi connectivity index (χ1) is 4.22. The van der Waals surface area contributed by atoms with E-state index in [0.717, 1.165) is 0 Å². The van der Waals surface area contributed by atoms with Crippen LogP contribution in [-0.4, -0.2) is 30.3 Å². The first kappa shape index (κ1) is 8.14. The van der Waals surface area contributed by atoms with Crippen LogP contribution in [-0.2, 0) is 0 Å². The zero-order valence-corrected chi connectivity index (χ0v) is 6.20. The van der Waals surface area contributed by atoms with Gasteiger partial charge in [-0.05, 0) is 13.8 Å². The summed E-state index contributed by atoms with van der Waals surface area (Å²) in [7, 11) is 1.72. The second-order valence-corrected chi connectivity index (χ2v) is 2.06. The zero-order valence-electron chi connectivity index (χ0n) is 6.20. The van der Waals surface area contributed by atoms with Crippen LogP contribution >= 0.6 is 0 Å². The molecule has 0 aromatic carbocycles. The number of nitrogens with two attached hydrogens (primary N) is 1. The van der Waals surface area contributed by atoms with E-state index in [4.69, 9.17) is 5.73 Å². The summed E-state index contributed by atoms with van der Waals surface area (Å²) in [6.45, 7) is 4.09. The summed E-state index contributed by atoms with van der Waals surface area (Å²) < 4.78 is 1.83. The van der Waals surface area contributed by atoms with Gasteiger partial charge < -0.3 is 5.73 Å². The van der Waals surface area contributed by atoms with Crippen LogP contribution in [0.25, 0.3) is 0 Å². The third kappa shape index (κ3) is 2.85. The predicted molar refractivity (Wildman–Crippen MR) is 40.1 cm³/mol. The molecule has 0 aromatic rings. The third-order valence-corrected chi connectivity index (χ3v) is 1.02. The van der Waals surface area contributed by atoms with Gasteiger partial charge in [-0.15, -0.1) is 0 Å². The molecule has 9 heavy (non-hydrogen) atoms. The summed E-state index contributed by atoms with van der Waals surface area (Å²) in [5.41, 5.74) is 5.27. The maximum Gasteiger partial charge on any atom is 0.219 e. The fourth-order valence-electron chi connectivity index (χ4n) is 0.477. The predicted octanol–water partition coefficient (Wildman–Crippen LogP) is 0.0524. The molecule has 0 fully saturated rings. The lowest BCUT2D eigenvalue weighted by Gasteiger charge is -2.01. The first-order valence-corrected chi connectivity index (χ1v) is 2.97. The highest BCUT2D eigenvalue weighted by atomic mass is 15.1. The van der Waals surface area contributed by atoms with Gasteiger partial charge in [0.1, 0.15) is 0 Å². The standard InChI is InChI=1S/C6H13N3/c1-6(2)9(4-7)5-8-3/h4-7H,1-3H3/p+1. The minimum atomic E-state index is 0.388. The molecule has 0 spiro atoms. The second-order valence-electron chi connectivity index (χ2n) is 2.06. The average molecular weight is 128 g/mol. The summed E-state index contributed by atoms with van der Waals surface area (Å²) in [6, 6.07) is 0.388. The highest BCUT2D eigenvalue weighted by Gasteiger charge is 1.97. The summed E-state index contributed by atoms with van der Waals surface area (Å²) >= 11 is 0. The van der Waals surface area contributed by atoms with Crippen LogP contribution < -0.4 is 5.73 Å². The molecule has 0 aliphatic rings. The van der Waals surface area contributed by atoms with Crippen molar-refractivity contribution in [2.75, 3.05) is 7.05 Å². The third-order valence-electron chi connectivity index (χ3n) is 1.02. The van der Waals surface area contributed by atoms with Crippen molar-refractivity contribution in [3.63, 3.8) is 0 Å². The second kappa shape index (κ2) is 4.06. The van der Waals surface area contributed by atoms with Crippen molar-refractivity contribution in [2.45, 2.75) is 19.9 Å². The molecule has 0 bridgehead atoms. The van der Waals surface area contributed by atoms with E-state index in [2.05, 4.69) is 4.99 Å². The maximum absolute atomic E-state index is 5.27. The van der Waals surface area contributed by atoms with E-state index < -0.39 is 0 Å². The maximum atomic E-state index is 5.27. The Hall–Kier alpha value is -0.860. The molecule has 52 valence electrons. The average Bonchev–Trinajstić information content (AvgIpc) is 1.82. The fraction of sp³-hybridized carbons (Fsp3) is 0.667. The van der Waals surface area contributed by atoms with Gasteiger partial charge in [0, 0.05) is 0 Å². The Balaban J connectivity index is 4.01. The van der Waals surface area contributed by atoms with E-state index in [-0.39, 0.29) is 0 Å². The Morgan fingerprint density at radius 1 is 1.56 bits per heavy atom. The van der Waals surface area contributed by atoms with Crippen LogP contribution in [0.1, 0.15) is 13.8 Å². The van der Waals surface area contributed by atoms with Gasteiger partial charge in [-0.2, -0.15) is 4.99 Å². The van der Waals surface area contributed by atoms with Gasteiger partial charge in [0.25, 0.3) is 0 Å². The van der Waals surface area contributed by atoms with Gasteiger partial charge in [-0.3, -0.25) is 0 Å². The zero-order chi connectivity index (χ0) is 7.28. The Morgan fingerprint density at radius 3 is 2.22 bits per heavy atom. The minimum absolute atomic E-state index is 0.388. The topological polar surface area (TPSA) is 41.4 Å². The Bertz CT molecular complexity index is 124.